The molecule has 0 aromatic carbocycles. The number of carbonyl (C=O) groups is 3. The normalized spacial score (nSPS) is 27.5. The first-order chi connectivity index (χ1) is 17.8. The van der Waals surface area contributed by atoms with E-state index in [1.54, 1.807) is 32.2 Å². The fourth-order valence-corrected chi connectivity index (χ4v) is 5.54. The molecular formula is C27H31NO10. The summed E-state index contributed by atoms with van der Waals surface area (Å²) in [5.74, 6) is -2.70. The molecule has 204 valence electrons. The van der Waals surface area contributed by atoms with Crippen LogP contribution in [0.15, 0.2) is 39.8 Å². The van der Waals surface area contributed by atoms with Crippen molar-refractivity contribution in [2.24, 2.45) is 11.8 Å². The van der Waals surface area contributed by atoms with E-state index in [2.05, 4.69) is 4.98 Å². The number of hydrogen-bond acceptors (Lipinski definition) is 11. The molecular weight excluding hydrogens is 498 g/mol. The van der Waals surface area contributed by atoms with Crippen molar-refractivity contribution in [2.45, 2.75) is 70.9 Å². The third-order valence-corrected chi connectivity index (χ3v) is 7.43. The predicted molar refractivity (Wildman–Crippen MR) is 131 cm³/mol. The highest BCUT2D eigenvalue weighted by atomic mass is 16.6. The van der Waals surface area contributed by atoms with E-state index in [9.17, 15) is 24.3 Å². The Morgan fingerprint density at radius 3 is 2.53 bits per heavy atom. The van der Waals surface area contributed by atoms with Crippen LogP contribution >= 0.6 is 0 Å². The van der Waals surface area contributed by atoms with Gasteiger partial charge in [0.15, 0.2) is 0 Å². The van der Waals surface area contributed by atoms with Gasteiger partial charge in [-0.3, -0.25) is 19.4 Å². The van der Waals surface area contributed by atoms with Gasteiger partial charge in [-0.1, -0.05) is 0 Å². The van der Waals surface area contributed by atoms with Crippen molar-refractivity contribution in [3.63, 3.8) is 0 Å². The highest BCUT2D eigenvalue weighted by molar-refractivity contribution is 5.68. The van der Waals surface area contributed by atoms with Gasteiger partial charge < -0.3 is 28.5 Å². The molecule has 3 heterocycles. The van der Waals surface area contributed by atoms with E-state index in [1.165, 1.54) is 33.0 Å². The van der Waals surface area contributed by atoms with Gasteiger partial charge in [0.1, 0.15) is 41.0 Å². The van der Waals surface area contributed by atoms with Crippen LogP contribution in [0.2, 0.25) is 0 Å². The number of rotatable bonds is 6. The van der Waals surface area contributed by atoms with Gasteiger partial charge in [-0.15, -0.1) is 0 Å². The first-order valence-electron chi connectivity index (χ1n) is 12.3. The second-order valence-electron chi connectivity index (χ2n) is 10.2. The largest absolute Gasteiger partial charge is 0.482 e. The van der Waals surface area contributed by atoms with Crippen LogP contribution in [0.1, 0.15) is 59.1 Å². The number of fused-ring (bicyclic) bond motifs is 2. The van der Waals surface area contributed by atoms with Crippen LogP contribution in [-0.2, 0) is 28.6 Å². The molecule has 2 aromatic heterocycles. The van der Waals surface area contributed by atoms with Crippen molar-refractivity contribution < 1.29 is 42.9 Å². The van der Waals surface area contributed by atoms with Crippen LogP contribution in [0.4, 0.5) is 0 Å². The molecule has 1 aliphatic carbocycles. The number of ether oxygens (including phenoxy) is 4. The molecule has 1 unspecified atom stereocenters. The zero-order valence-corrected chi connectivity index (χ0v) is 21.9. The molecule has 38 heavy (non-hydrogen) atoms. The zero-order chi connectivity index (χ0) is 27.8. The Bertz CT molecular complexity index is 1290. The standard InChI is InChI=1S/C27H31NO10/c1-14(29)34-13-26(4,37-16(3)31)18-9-19-24(32)23-21(38-27(19,5)22(10-18)35-15(2)30)11-20(36-25(23)33)17-7-6-8-28-12-17/h6-8,11-12,18-19,22,24,32H,9-10,13H2,1-5H3/t18-,19-,22-,24+,26?,27-/m1/s1. The number of carbonyl (C=O) groups excluding carboxylic acids is 3. The van der Waals surface area contributed by atoms with Gasteiger partial charge in [0, 0.05) is 56.6 Å². The first-order valence-corrected chi connectivity index (χ1v) is 12.3. The fraction of sp³-hybridized carbons (Fsp3) is 0.519. The van der Waals surface area contributed by atoms with Crippen molar-refractivity contribution in [3.8, 4) is 17.1 Å². The molecule has 0 radical (unpaired) electrons. The number of hydrogen-bond donors (Lipinski definition) is 1. The molecule has 0 spiro atoms. The van der Waals surface area contributed by atoms with Crippen molar-refractivity contribution in [2.75, 3.05) is 6.61 Å². The van der Waals surface area contributed by atoms with Crippen LogP contribution in [0.25, 0.3) is 11.3 Å². The van der Waals surface area contributed by atoms with Crippen molar-refractivity contribution >= 4 is 17.9 Å². The summed E-state index contributed by atoms with van der Waals surface area (Å²) in [6.07, 6.45) is 1.24. The van der Waals surface area contributed by atoms with Crippen LogP contribution in [-0.4, -0.2) is 51.9 Å². The number of aromatic nitrogens is 1. The minimum atomic E-state index is -1.35. The number of esters is 3. The average Bonchev–Trinajstić information content (AvgIpc) is 2.83. The summed E-state index contributed by atoms with van der Waals surface area (Å²) in [7, 11) is 0. The maximum atomic E-state index is 13.1. The summed E-state index contributed by atoms with van der Waals surface area (Å²) in [4.78, 5) is 52.8. The van der Waals surface area contributed by atoms with Gasteiger partial charge in [0.05, 0.1) is 6.10 Å². The number of aliphatic hydroxyl groups is 1. The number of nitrogens with zero attached hydrogens (tertiary/aromatic N) is 1. The summed E-state index contributed by atoms with van der Waals surface area (Å²) in [6, 6.07) is 4.92. The van der Waals surface area contributed by atoms with Gasteiger partial charge >= 0.3 is 23.5 Å². The molecule has 1 saturated carbocycles. The van der Waals surface area contributed by atoms with Crippen LogP contribution in [0.3, 0.4) is 0 Å². The van der Waals surface area contributed by atoms with Gasteiger partial charge in [-0.2, -0.15) is 0 Å². The number of pyridine rings is 1. The molecule has 6 atom stereocenters. The summed E-state index contributed by atoms with van der Waals surface area (Å²) in [5.41, 5.74) is -2.83. The predicted octanol–water partition coefficient (Wildman–Crippen LogP) is 2.73. The highest BCUT2D eigenvalue weighted by Crippen LogP contribution is 2.54. The summed E-state index contributed by atoms with van der Waals surface area (Å²) < 4.78 is 28.4. The van der Waals surface area contributed by atoms with Gasteiger partial charge in [-0.05, 0) is 38.8 Å². The molecule has 11 nitrogen and oxygen atoms in total. The summed E-state index contributed by atoms with van der Waals surface area (Å²) >= 11 is 0. The maximum Gasteiger partial charge on any atom is 0.345 e. The van der Waals surface area contributed by atoms with E-state index >= 15 is 0 Å². The maximum absolute atomic E-state index is 13.1. The Hall–Kier alpha value is -3.73. The lowest BCUT2D eigenvalue weighted by Crippen LogP contribution is -2.63. The third-order valence-electron chi connectivity index (χ3n) is 7.43. The van der Waals surface area contributed by atoms with Gasteiger partial charge in [0.25, 0.3) is 0 Å². The van der Waals surface area contributed by atoms with E-state index < -0.39 is 58.8 Å². The Balaban J connectivity index is 1.78. The van der Waals surface area contributed by atoms with Gasteiger partial charge in [0.2, 0.25) is 0 Å². The fourth-order valence-electron chi connectivity index (χ4n) is 5.54. The molecule has 1 aliphatic heterocycles. The first kappa shape index (κ1) is 27.3. The Morgan fingerprint density at radius 2 is 1.92 bits per heavy atom. The molecule has 4 rings (SSSR count). The Kier molecular flexibility index (Phi) is 7.33. The van der Waals surface area contributed by atoms with Crippen molar-refractivity contribution in [3.05, 3.63) is 46.6 Å². The van der Waals surface area contributed by atoms with Crippen LogP contribution in [0.5, 0.6) is 5.75 Å². The lowest BCUT2D eigenvalue weighted by atomic mass is 9.62. The smallest absolute Gasteiger partial charge is 0.345 e. The SMILES string of the molecule is CC(=O)OCC(C)(OC(C)=O)[C@@H]1C[C@@H]2[C@H](O)c3c(cc(-c4cccnc4)oc3=O)O[C@@]2(C)[C@H](OC(C)=O)C1. The minimum absolute atomic E-state index is 0.0588. The molecule has 11 heteroatoms. The molecule has 1 fully saturated rings. The molecule has 0 saturated heterocycles. The lowest BCUT2D eigenvalue weighted by Gasteiger charge is -2.54. The number of aliphatic hydroxyl groups excluding tert-OH is 1. The molecule has 2 aromatic rings. The van der Waals surface area contributed by atoms with E-state index in [0.29, 0.717) is 5.56 Å². The Morgan fingerprint density at radius 1 is 1.18 bits per heavy atom. The van der Waals surface area contributed by atoms with E-state index in [0.717, 1.165) is 0 Å². The monoisotopic (exact) mass is 529 g/mol. The van der Waals surface area contributed by atoms with E-state index in [4.69, 9.17) is 23.4 Å². The molecule has 0 amide bonds. The summed E-state index contributed by atoms with van der Waals surface area (Å²) in [5, 5.41) is 11.5. The Labute approximate surface area is 219 Å². The highest BCUT2D eigenvalue weighted by Gasteiger charge is 2.60. The zero-order valence-electron chi connectivity index (χ0n) is 21.9. The topological polar surface area (TPSA) is 151 Å². The van der Waals surface area contributed by atoms with Crippen LogP contribution in [0, 0.1) is 11.8 Å². The molecule has 2 aliphatic rings. The minimum Gasteiger partial charge on any atom is -0.482 e. The average molecular weight is 530 g/mol. The van der Waals surface area contributed by atoms with Crippen molar-refractivity contribution in [1.29, 1.82) is 0 Å². The van der Waals surface area contributed by atoms with Crippen molar-refractivity contribution in [1.82, 2.24) is 4.98 Å². The second-order valence-corrected chi connectivity index (χ2v) is 10.2. The summed E-state index contributed by atoms with van der Waals surface area (Å²) in [6.45, 7) is 6.82. The molecule has 1 N–H and O–H groups in total. The molecule has 0 bridgehead atoms. The third kappa shape index (κ3) is 5.15. The van der Waals surface area contributed by atoms with Crippen LogP contribution < -0.4 is 10.4 Å². The van der Waals surface area contributed by atoms with Gasteiger partial charge in [-0.25, -0.2) is 4.79 Å². The van der Waals surface area contributed by atoms with E-state index in [1.807, 2.05) is 0 Å². The van der Waals surface area contributed by atoms with E-state index in [-0.39, 0.29) is 36.5 Å². The lowest BCUT2D eigenvalue weighted by molar-refractivity contribution is -0.215. The quantitative estimate of drug-likeness (QED) is 0.434. The second kappa shape index (κ2) is 10.2.